The van der Waals surface area contributed by atoms with E-state index in [0.717, 1.165) is 6.42 Å². The lowest BCUT2D eigenvalue weighted by Crippen LogP contribution is -2.41. The maximum absolute atomic E-state index is 11.9. The highest BCUT2D eigenvalue weighted by atomic mass is 16.3. The lowest BCUT2D eigenvalue weighted by Gasteiger charge is -2.08. The monoisotopic (exact) mass is 348 g/mol. The number of aromatic hydroxyl groups is 1. The third kappa shape index (κ3) is 4.60. The van der Waals surface area contributed by atoms with Crippen molar-refractivity contribution in [3.05, 3.63) is 77.9 Å². The van der Waals surface area contributed by atoms with Crippen molar-refractivity contribution >= 4 is 22.6 Å². The molecule has 0 unspecified atom stereocenters. The van der Waals surface area contributed by atoms with Gasteiger partial charge in [0.25, 0.3) is 5.91 Å². The van der Waals surface area contributed by atoms with Crippen LogP contribution < -0.4 is 10.9 Å². The fourth-order valence-corrected chi connectivity index (χ4v) is 2.72. The van der Waals surface area contributed by atoms with Gasteiger partial charge in [0.2, 0.25) is 5.91 Å². The van der Waals surface area contributed by atoms with Gasteiger partial charge in [-0.15, -0.1) is 0 Å². The van der Waals surface area contributed by atoms with Gasteiger partial charge in [-0.3, -0.25) is 20.4 Å². The van der Waals surface area contributed by atoms with E-state index in [0.29, 0.717) is 18.4 Å². The number of hydrogen-bond acceptors (Lipinski definition) is 3. The molecule has 3 aromatic rings. The Bertz CT molecular complexity index is 920. The number of fused-ring (bicyclic) bond motifs is 1. The van der Waals surface area contributed by atoms with E-state index in [9.17, 15) is 14.7 Å². The van der Waals surface area contributed by atoms with Crippen LogP contribution in [0.4, 0.5) is 0 Å². The molecule has 0 bridgehead atoms. The maximum Gasteiger partial charge on any atom is 0.269 e. The number of nitrogens with one attached hydrogen (secondary N) is 2. The molecule has 0 radical (unpaired) electrons. The van der Waals surface area contributed by atoms with Crippen LogP contribution in [-0.2, 0) is 11.2 Å². The molecule has 3 N–H and O–H groups in total. The summed E-state index contributed by atoms with van der Waals surface area (Å²) in [4.78, 5) is 23.7. The highest BCUT2D eigenvalue weighted by molar-refractivity contribution is 5.95. The van der Waals surface area contributed by atoms with E-state index in [1.165, 1.54) is 40.6 Å². The molecule has 0 fully saturated rings. The zero-order chi connectivity index (χ0) is 18.4. The number of phenols is 1. The second-order valence-corrected chi connectivity index (χ2v) is 6.08. The third-order valence-electron chi connectivity index (χ3n) is 4.13. The summed E-state index contributed by atoms with van der Waals surface area (Å²) in [6.45, 7) is 0. The Morgan fingerprint density at radius 2 is 1.58 bits per heavy atom. The molecule has 2 amide bonds. The highest BCUT2D eigenvalue weighted by Gasteiger charge is 2.07. The molecule has 0 atom stereocenters. The predicted octanol–water partition coefficient (Wildman–Crippen LogP) is 3.33. The first kappa shape index (κ1) is 17.5. The Labute approximate surface area is 151 Å². The normalized spacial score (nSPS) is 10.5. The predicted molar refractivity (Wildman–Crippen MR) is 101 cm³/mol. The van der Waals surface area contributed by atoms with E-state index in [4.69, 9.17) is 0 Å². The number of hydrazine groups is 1. The fraction of sp³-hybridized carbons (Fsp3) is 0.143. The van der Waals surface area contributed by atoms with E-state index in [2.05, 4.69) is 41.2 Å². The smallest absolute Gasteiger partial charge is 0.269 e. The number of rotatable bonds is 5. The molecule has 0 saturated carbocycles. The number of carbonyl (C=O) groups excluding carboxylic acids is 2. The summed E-state index contributed by atoms with van der Waals surface area (Å²) in [7, 11) is 0. The first-order valence-electron chi connectivity index (χ1n) is 8.48. The average molecular weight is 348 g/mol. The number of aryl methyl sites for hydroxylation is 1. The minimum absolute atomic E-state index is 0.0827. The quantitative estimate of drug-likeness (QED) is 0.619. The van der Waals surface area contributed by atoms with E-state index >= 15 is 0 Å². The van der Waals surface area contributed by atoms with Crippen molar-refractivity contribution in [1.29, 1.82) is 0 Å². The molecule has 0 aliphatic heterocycles. The van der Waals surface area contributed by atoms with Gasteiger partial charge >= 0.3 is 0 Å². The molecular formula is C21H20N2O3. The zero-order valence-corrected chi connectivity index (χ0v) is 14.2. The van der Waals surface area contributed by atoms with Crippen LogP contribution in [0.25, 0.3) is 10.8 Å². The standard InChI is InChI=1S/C21H20N2O3/c24-19-12-10-17(11-13-19)21(26)23-22-20(25)7-3-4-15-8-9-16-5-1-2-6-18(16)14-15/h1-2,5-6,8-14,24H,3-4,7H2,(H,22,25)(H,23,26). The Hall–Kier alpha value is -3.34. The molecule has 0 aliphatic carbocycles. The van der Waals surface area contributed by atoms with Crippen LogP contribution in [0.5, 0.6) is 5.75 Å². The largest absolute Gasteiger partial charge is 0.508 e. The van der Waals surface area contributed by atoms with Crippen LogP contribution in [0, 0.1) is 0 Å². The first-order chi connectivity index (χ1) is 12.6. The molecule has 0 heterocycles. The molecule has 26 heavy (non-hydrogen) atoms. The van der Waals surface area contributed by atoms with Gasteiger partial charge in [-0.25, -0.2) is 0 Å². The summed E-state index contributed by atoms with van der Waals surface area (Å²) >= 11 is 0. The SMILES string of the molecule is O=C(CCCc1ccc2ccccc2c1)NNC(=O)c1ccc(O)cc1. The molecule has 0 saturated heterocycles. The molecule has 0 spiro atoms. The van der Waals surface area contributed by atoms with Crippen molar-refractivity contribution in [3.8, 4) is 5.75 Å². The molecule has 3 rings (SSSR count). The molecule has 3 aromatic carbocycles. The van der Waals surface area contributed by atoms with Gasteiger partial charge in [-0.05, 0) is 53.4 Å². The van der Waals surface area contributed by atoms with Gasteiger partial charge < -0.3 is 5.11 Å². The highest BCUT2D eigenvalue weighted by Crippen LogP contribution is 2.17. The summed E-state index contributed by atoms with van der Waals surface area (Å²) < 4.78 is 0. The van der Waals surface area contributed by atoms with Crippen molar-refractivity contribution in [2.45, 2.75) is 19.3 Å². The van der Waals surface area contributed by atoms with Crippen LogP contribution in [0.1, 0.15) is 28.8 Å². The molecule has 5 nitrogen and oxygen atoms in total. The minimum atomic E-state index is -0.423. The molecule has 5 heteroatoms. The number of carbonyl (C=O) groups is 2. The minimum Gasteiger partial charge on any atom is -0.508 e. The lowest BCUT2D eigenvalue weighted by atomic mass is 10.0. The van der Waals surface area contributed by atoms with Crippen molar-refractivity contribution in [2.75, 3.05) is 0 Å². The van der Waals surface area contributed by atoms with Crippen molar-refractivity contribution in [3.63, 3.8) is 0 Å². The van der Waals surface area contributed by atoms with E-state index in [1.807, 2.05) is 12.1 Å². The Kier molecular flexibility index (Phi) is 5.49. The second kappa shape index (κ2) is 8.16. The van der Waals surface area contributed by atoms with E-state index in [1.54, 1.807) is 0 Å². The number of amides is 2. The Balaban J connectivity index is 1.43. The van der Waals surface area contributed by atoms with Gasteiger partial charge in [0.15, 0.2) is 0 Å². The molecule has 132 valence electrons. The summed E-state index contributed by atoms with van der Waals surface area (Å²) in [5, 5.41) is 11.6. The van der Waals surface area contributed by atoms with Crippen LogP contribution in [-0.4, -0.2) is 16.9 Å². The van der Waals surface area contributed by atoms with Gasteiger partial charge in [0.05, 0.1) is 0 Å². The van der Waals surface area contributed by atoms with Crippen LogP contribution in [0.3, 0.4) is 0 Å². The van der Waals surface area contributed by atoms with Crippen LogP contribution >= 0.6 is 0 Å². The average Bonchev–Trinajstić information content (AvgIpc) is 2.66. The number of phenolic OH excluding ortho intramolecular Hbond substituents is 1. The van der Waals surface area contributed by atoms with E-state index in [-0.39, 0.29) is 11.7 Å². The Morgan fingerprint density at radius 1 is 0.846 bits per heavy atom. The summed E-state index contributed by atoms with van der Waals surface area (Å²) in [5.41, 5.74) is 6.33. The Morgan fingerprint density at radius 3 is 2.35 bits per heavy atom. The van der Waals surface area contributed by atoms with Crippen LogP contribution in [0.15, 0.2) is 66.7 Å². The van der Waals surface area contributed by atoms with Crippen molar-refractivity contribution < 1.29 is 14.7 Å². The first-order valence-corrected chi connectivity index (χ1v) is 8.48. The van der Waals surface area contributed by atoms with E-state index < -0.39 is 5.91 Å². The third-order valence-corrected chi connectivity index (χ3v) is 4.13. The lowest BCUT2D eigenvalue weighted by molar-refractivity contribution is -0.121. The molecule has 0 aromatic heterocycles. The zero-order valence-electron chi connectivity index (χ0n) is 14.2. The van der Waals surface area contributed by atoms with Crippen molar-refractivity contribution in [2.24, 2.45) is 0 Å². The number of hydrogen-bond donors (Lipinski definition) is 3. The summed E-state index contributed by atoms with van der Waals surface area (Å²) in [6, 6.07) is 20.3. The topological polar surface area (TPSA) is 78.4 Å². The van der Waals surface area contributed by atoms with Gasteiger partial charge in [-0.1, -0.05) is 42.5 Å². The molecule has 0 aliphatic rings. The van der Waals surface area contributed by atoms with Gasteiger partial charge in [-0.2, -0.15) is 0 Å². The fourth-order valence-electron chi connectivity index (χ4n) is 2.72. The number of benzene rings is 3. The van der Waals surface area contributed by atoms with Crippen LogP contribution in [0.2, 0.25) is 0 Å². The summed E-state index contributed by atoms with van der Waals surface area (Å²) in [6.07, 6.45) is 1.81. The molecular weight excluding hydrogens is 328 g/mol. The summed E-state index contributed by atoms with van der Waals surface area (Å²) in [5.74, 6) is -0.579. The van der Waals surface area contributed by atoms with Gasteiger partial charge in [0, 0.05) is 12.0 Å². The van der Waals surface area contributed by atoms with Crippen molar-refractivity contribution in [1.82, 2.24) is 10.9 Å². The maximum atomic E-state index is 11.9. The van der Waals surface area contributed by atoms with Gasteiger partial charge in [0.1, 0.15) is 5.75 Å². The second-order valence-electron chi connectivity index (χ2n) is 6.08.